The lowest BCUT2D eigenvalue weighted by atomic mass is 10.1. The van der Waals surface area contributed by atoms with E-state index in [1.54, 1.807) is 4.68 Å². The fourth-order valence-electron chi connectivity index (χ4n) is 1.72. The van der Waals surface area contributed by atoms with Gasteiger partial charge in [-0.15, -0.1) is 5.10 Å². The predicted molar refractivity (Wildman–Crippen MR) is 70.4 cm³/mol. The van der Waals surface area contributed by atoms with Crippen molar-refractivity contribution in [2.24, 2.45) is 0 Å². The summed E-state index contributed by atoms with van der Waals surface area (Å²) in [4.78, 5) is 11.2. The summed E-state index contributed by atoms with van der Waals surface area (Å²) in [5, 5.41) is 16.8. The Hall–Kier alpha value is -1.69. The molecule has 1 heterocycles. The van der Waals surface area contributed by atoms with E-state index in [2.05, 4.69) is 26.2 Å². The summed E-state index contributed by atoms with van der Waals surface area (Å²) in [7, 11) is 0. The maximum Gasteiger partial charge on any atom is 0.358 e. The summed E-state index contributed by atoms with van der Waals surface area (Å²) in [6.45, 7) is 2.65. The normalized spacial score (nSPS) is 10.6. The Morgan fingerprint density at radius 2 is 2.06 bits per heavy atom. The van der Waals surface area contributed by atoms with Crippen molar-refractivity contribution in [2.75, 3.05) is 0 Å². The van der Waals surface area contributed by atoms with Crippen LogP contribution < -0.4 is 0 Å². The third kappa shape index (κ3) is 2.43. The molecule has 94 valence electrons. The number of rotatable bonds is 4. The number of carbonyl (C=O) groups is 1. The Morgan fingerprint density at radius 3 is 2.61 bits per heavy atom. The van der Waals surface area contributed by atoms with E-state index in [0.717, 1.165) is 16.5 Å². The van der Waals surface area contributed by atoms with Gasteiger partial charge in [-0.2, -0.15) is 0 Å². The van der Waals surface area contributed by atoms with E-state index in [1.165, 1.54) is 0 Å². The summed E-state index contributed by atoms with van der Waals surface area (Å²) in [5.41, 5.74) is 1.34. The van der Waals surface area contributed by atoms with Crippen LogP contribution in [0.1, 0.15) is 23.8 Å². The molecule has 0 amide bonds. The van der Waals surface area contributed by atoms with Gasteiger partial charge in [0.1, 0.15) is 5.69 Å². The first-order chi connectivity index (χ1) is 8.63. The monoisotopic (exact) mass is 309 g/mol. The summed E-state index contributed by atoms with van der Waals surface area (Å²) in [6.07, 6.45) is 0.867. The average Bonchev–Trinajstić information content (AvgIpc) is 2.75. The molecule has 2 rings (SSSR count). The second-order valence-corrected chi connectivity index (χ2v) is 4.74. The predicted octanol–water partition coefficient (Wildman–Crippen LogP) is 2.82. The van der Waals surface area contributed by atoms with Gasteiger partial charge in [0, 0.05) is 16.6 Å². The summed E-state index contributed by atoms with van der Waals surface area (Å²) in [6, 6.07) is 7.43. The van der Waals surface area contributed by atoms with Gasteiger partial charge in [-0.1, -0.05) is 40.2 Å². The van der Waals surface area contributed by atoms with Crippen molar-refractivity contribution < 1.29 is 9.90 Å². The van der Waals surface area contributed by atoms with Crippen LogP contribution in [-0.4, -0.2) is 26.1 Å². The van der Waals surface area contributed by atoms with Crippen LogP contribution in [0.3, 0.4) is 0 Å². The molecule has 1 aromatic carbocycles. The minimum atomic E-state index is -1.06. The first kappa shape index (κ1) is 12.8. The van der Waals surface area contributed by atoms with Gasteiger partial charge in [0.2, 0.25) is 0 Å². The molecule has 0 aliphatic rings. The minimum Gasteiger partial charge on any atom is -0.476 e. The molecule has 18 heavy (non-hydrogen) atoms. The highest BCUT2D eigenvalue weighted by Crippen LogP contribution is 2.24. The average molecular weight is 310 g/mol. The molecule has 0 aliphatic heterocycles. The van der Waals surface area contributed by atoms with Crippen LogP contribution in [0.25, 0.3) is 11.3 Å². The summed E-state index contributed by atoms with van der Waals surface area (Å²) < 4.78 is 2.57. The molecular formula is C12H12BrN3O2. The minimum absolute atomic E-state index is 0.00854. The smallest absolute Gasteiger partial charge is 0.358 e. The summed E-state index contributed by atoms with van der Waals surface area (Å²) in [5.74, 6) is -1.06. The molecule has 6 heteroatoms. The molecule has 2 aromatic rings. The second kappa shape index (κ2) is 5.30. The third-order valence-electron chi connectivity index (χ3n) is 2.49. The van der Waals surface area contributed by atoms with Crippen LogP contribution in [0.15, 0.2) is 28.7 Å². The van der Waals surface area contributed by atoms with Crippen molar-refractivity contribution in [2.45, 2.75) is 19.9 Å². The van der Waals surface area contributed by atoms with Crippen molar-refractivity contribution in [3.8, 4) is 11.3 Å². The summed E-state index contributed by atoms with van der Waals surface area (Å²) >= 11 is 3.35. The van der Waals surface area contributed by atoms with Crippen LogP contribution in [0.5, 0.6) is 0 Å². The molecule has 0 bridgehead atoms. The van der Waals surface area contributed by atoms with Crippen LogP contribution in [0.4, 0.5) is 0 Å². The van der Waals surface area contributed by atoms with Crippen molar-refractivity contribution in [1.82, 2.24) is 15.0 Å². The van der Waals surface area contributed by atoms with Crippen LogP contribution in [-0.2, 0) is 6.54 Å². The van der Waals surface area contributed by atoms with Gasteiger partial charge in [0.15, 0.2) is 5.69 Å². The molecule has 0 unspecified atom stereocenters. The maximum absolute atomic E-state index is 11.2. The number of carboxylic acids is 1. The van der Waals surface area contributed by atoms with E-state index in [9.17, 15) is 4.79 Å². The topological polar surface area (TPSA) is 68.0 Å². The van der Waals surface area contributed by atoms with Crippen molar-refractivity contribution in [3.05, 3.63) is 34.4 Å². The van der Waals surface area contributed by atoms with Crippen molar-refractivity contribution in [1.29, 1.82) is 0 Å². The standard InChI is InChI=1S/C12H12BrN3O2/c1-2-7-16-11(10(12(17)18)14-15-16)8-3-5-9(13)6-4-8/h3-6H,2,7H2,1H3,(H,17,18). The fourth-order valence-corrected chi connectivity index (χ4v) is 1.98. The van der Waals surface area contributed by atoms with Crippen LogP contribution >= 0.6 is 15.9 Å². The van der Waals surface area contributed by atoms with Gasteiger partial charge in [-0.05, 0) is 18.6 Å². The number of aromatic nitrogens is 3. The number of hydrogen-bond donors (Lipinski definition) is 1. The van der Waals surface area contributed by atoms with Gasteiger partial charge >= 0.3 is 5.97 Å². The number of carboxylic acid groups (broad SMARTS) is 1. The lowest BCUT2D eigenvalue weighted by Gasteiger charge is -2.06. The molecule has 5 nitrogen and oxygen atoms in total. The van der Waals surface area contributed by atoms with E-state index in [-0.39, 0.29) is 5.69 Å². The number of nitrogens with zero attached hydrogens (tertiary/aromatic N) is 3. The van der Waals surface area contributed by atoms with E-state index in [0.29, 0.717) is 12.2 Å². The Morgan fingerprint density at radius 1 is 1.39 bits per heavy atom. The zero-order valence-corrected chi connectivity index (χ0v) is 11.4. The van der Waals surface area contributed by atoms with Gasteiger partial charge in [0.25, 0.3) is 0 Å². The molecular weight excluding hydrogens is 298 g/mol. The first-order valence-corrected chi connectivity index (χ1v) is 6.35. The van der Waals surface area contributed by atoms with Gasteiger partial charge < -0.3 is 5.11 Å². The van der Waals surface area contributed by atoms with Gasteiger partial charge in [-0.25, -0.2) is 9.48 Å². The quantitative estimate of drug-likeness (QED) is 0.943. The van der Waals surface area contributed by atoms with E-state index in [4.69, 9.17) is 5.11 Å². The Bertz CT molecular complexity index is 563. The Labute approximate surface area is 113 Å². The van der Waals surface area contributed by atoms with Crippen LogP contribution in [0.2, 0.25) is 0 Å². The Kier molecular flexibility index (Phi) is 3.76. The zero-order valence-electron chi connectivity index (χ0n) is 9.80. The largest absolute Gasteiger partial charge is 0.476 e. The van der Waals surface area contributed by atoms with Crippen molar-refractivity contribution >= 4 is 21.9 Å². The molecule has 0 radical (unpaired) electrons. The molecule has 1 aromatic heterocycles. The van der Waals surface area contributed by atoms with Crippen molar-refractivity contribution in [3.63, 3.8) is 0 Å². The SMILES string of the molecule is CCCn1nnc(C(=O)O)c1-c1ccc(Br)cc1. The molecule has 0 atom stereocenters. The van der Waals surface area contributed by atoms with E-state index in [1.807, 2.05) is 31.2 Å². The lowest BCUT2D eigenvalue weighted by Crippen LogP contribution is -2.04. The van der Waals surface area contributed by atoms with Gasteiger partial charge in [-0.3, -0.25) is 0 Å². The highest BCUT2D eigenvalue weighted by atomic mass is 79.9. The number of aromatic carboxylic acids is 1. The highest BCUT2D eigenvalue weighted by molar-refractivity contribution is 9.10. The number of halogens is 1. The number of benzene rings is 1. The third-order valence-corrected chi connectivity index (χ3v) is 3.02. The lowest BCUT2D eigenvalue weighted by molar-refractivity contribution is 0.0691. The number of aryl methyl sites for hydroxylation is 1. The van der Waals surface area contributed by atoms with E-state index < -0.39 is 5.97 Å². The molecule has 0 aliphatic carbocycles. The maximum atomic E-state index is 11.2. The highest BCUT2D eigenvalue weighted by Gasteiger charge is 2.19. The Balaban J connectivity index is 2.55. The van der Waals surface area contributed by atoms with Crippen LogP contribution in [0, 0.1) is 0 Å². The molecule has 1 N–H and O–H groups in total. The molecule has 0 spiro atoms. The van der Waals surface area contributed by atoms with E-state index >= 15 is 0 Å². The van der Waals surface area contributed by atoms with Gasteiger partial charge in [0.05, 0.1) is 0 Å². The fraction of sp³-hybridized carbons (Fsp3) is 0.250. The molecule has 0 saturated heterocycles. The molecule has 0 fully saturated rings. The number of hydrogen-bond acceptors (Lipinski definition) is 3. The zero-order chi connectivity index (χ0) is 13.1. The molecule has 0 saturated carbocycles. The first-order valence-electron chi connectivity index (χ1n) is 5.56. The second-order valence-electron chi connectivity index (χ2n) is 3.82.